The monoisotopic (exact) mass is 483 g/mol. The highest BCUT2D eigenvalue weighted by Gasteiger charge is 2.48. The number of benzene rings is 2. The summed E-state index contributed by atoms with van der Waals surface area (Å²) in [5, 5.41) is 9.49. The molecule has 0 aliphatic carbocycles. The van der Waals surface area contributed by atoms with E-state index in [4.69, 9.17) is 4.98 Å². The summed E-state index contributed by atoms with van der Waals surface area (Å²) < 4.78 is 17.9. The minimum absolute atomic E-state index is 0.224. The fourth-order valence-electron chi connectivity index (χ4n) is 6.29. The van der Waals surface area contributed by atoms with Gasteiger partial charge in [-0.15, -0.1) is 0 Å². The fourth-order valence-corrected chi connectivity index (χ4v) is 6.29. The van der Waals surface area contributed by atoms with E-state index in [-0.39, 0.29) is 18.5 Å². The highest BCUT2D eigenvalue weighted by atomic mass is 19.1. The Labute approximate surface area is 210 Å². The third-order valence-corrected chi connectivity index (χ3v) is 8.38. The maximum Gasteiger partial charge on any atom is 0.161 e. The second kappa shape index (κ2) is 8.05. The number of anilines is 1. The molecule has 4 aromatic rings. The van der Waals surface area contributed by atoms with Gasteiger partial charge in [0.25, 0.3) is 0 Å². The molecule has 5 heterocycles. The van der Waals surface area contributed by atoms with Crippen LogP contribution in [0.15, 0.2) is 67.1 Å². The molecular weight excluding hydrogens is 453 g/mol. The minimum Gasteiger partial charge on any atom is -0.395 e. The molecule has 0 radical (unpaired) electrons. The van der Waals surface area contributed by atoms with Gasteiger partial charge < -0.3 is 14.6 Å². The first-order chi connectivity index (χ1) is 17.5. The number of nitrogens with zero attached hydrogens (tertiary/aromatic N) is 5. The smallest absolute Gasteiger partial charge is 0.161 e. The maximum atomic E-state index is 13.5. The molecule has 0 amide bonds. The van der Waals surface area contributed by atoms with Gasteiger partial charge in [0.05, 0.1) is 18.0 Å². The Kier molecular flexibility index (Phi) is 4.88. The van der Waals surface area contributed by atoms with Crippen LogP contribution in [0, 0.1) is 11.2 Å². The molecule has 1 unspecified atom stereocenters. The summed E-state index contributed by atoms with van der Waals surface area (Å²) in [7, 11) is 0. The molecule has 1 atom stereocenters. The first-order valence-corrected chi connectivity index (χ1v) is 12.7. The van der Waals surface area contributed by atoms with E-state index in [2.05, 4.69) is 56.3 Å². The number of aliphatic hydroxyl groups is 1. The van der Waals surface area contributed by atoms with Gasteiger partial charge in [0.2, 0.25) is 0 Å². The summed E-state index contributed by atoms with van der Waals surface area (Å²) in [6.45, 7) is 7.38. The van der Waals surface area contributed by atoms with Crippen molar-refractivity contribution in [3.8, 4) is 28.3 Å². The average Bonchev–Trinajstić information content (AvgIpc) is 3.60. The number of halogens is 1. The lowest BCUT2D eigenvalue weighted by Gasteiger charge is -2.50. The van der Waals surface area contributed by atoms with Crippen LogP contribution in [-0.2, 0) is 6.54 Å². The molecule has 6 nitrogen and oxygen atoms in total. The molecule has 184 valence electrons. The number of hydrogen-bond acceptors (Lipinski definition) is 4. The predicted octanol–water partition coefficient (Wildman–Crippen LogP) is 4.40. The van der Waals surface area contributed by atoms with E-state index < -0.39 is 0 Å². The summed E-state index contributed by atoms with van der Waals surface area (Å²) in [5.41, 5.74) is 7.17. The van der Waals surface area contributed by atoms with Crippen LogP contribution in [0.25, 0.3) is 28.3 Å². The van der Waals surface area contributed by atoms with E-state index in [0.29, 0.717) is 5.41 Å². The lowest BCUT2D eigenvalue weighted by molar-refractivity contribution is -0.0268. The van der Waals surface area contributed by atoms with Crippen LogP contribution in [-0.4, -0.2) is 63.0 Å². The lowest BCUT2D eigenvalue weighted by atomic mass is 9.78. The topological polar surface area (TPSA) is 49.5 Å². The molecular formula is C29H30FN5O. The van der Waals surface area contributed by atoms with Crippen molar-refractivity contribution < 1.29 is 9.50 Å². The van der Waals surface area contributed by atoms with Crippen LogP contribution < -0.4 is 4.90 Å². The Morgan fingerprint density at radius 1 is 1.06 bits per heavy atom. The number of imidazole rings is 1. The molecule has 7 heteroatoms. The largest absolute Gasteiger partial charge is 0.395 e. The second-order valence-corrected chi connectivity index (χ2v) is 10.8. The molecule has 2 fully saturated rings. The number of aromatic nitrogens is 3. The zero-order valence-corrected chi connectivity index (χ0v) is 20.4. The van der Waals surface area contributed by atoms with Gasteiger partial charge >= 0.3 is 0 Å². The van der Waals surface area contributed by atoms with Crippen molar-refractivity contribution in [2.24, 2.45) is 5.41 Å². The summed E-state index contributed by atoms with van der Waals surface area (Å²) in [5.74, 6) is 0.695. The van der Waals surface area contributed by atoms with Crippen LogP contribution in [0.4, 0.5) is 10.1 Å². The Bertz CT molecular complexity index is 1430. The number of fused-ring (bicyclic) bond motifs is 5. The molecule has 36 heavy (non-hydrogen) atoms. The van der Waals surface area contributed by atoms with Gasteiger partial charge in [-0.2, -0.15) is 0 Å². The molecule has 0 bridgehead atoms. The van der Waals surface area contributed by atoms with Crippen LogP contribution in [0.2, 0.25) is 0 Å². The molecule has 2 saturated heterocycles. The molecule has 3 aliphatic heterocycles. The number of likely N-dealkylation sites (tertiary alicyclic amines) is 1. The van der Waals surface area contributed by atoms with Crippen molar-refractivity contribution in [3.63, 3.8) is 0 Å². The van der Waals surface area contributed by atoms with Crippen molar-refractivity contribution in [1.82, 2.24) is 19.0 Å². The van der Waals surface area contributed by atoms with Crippen molar-refractivity contribution in [3.05, 3.63) is 78.5 Å². The Balaban J connectivity index is 1.20. The van der Waals surface area contributed by atoms with E-state index in [0.717, 1.165) is 55.4 Å². The summed E-state index contributed by atoms with van der Waals surface area (Å²) in [6, 6.07) is 15.9. The second-order valence-electron chi connectivity index (χ2n) is 10.8. The van der Waals surface area contributed by atoms with Crippen molar-refractivity contribution in [2.75, 3.05) is 37.7 Å². The fraction of sp³-hybridized carbons (Fsp3) is 0.345. The first-order valence-electron chi connectivity index (χ1n) is 12.7. The van der Waals surface area contributed by atoms with Gasteiger partial charge in [-0.1, -0.05) is 12.1 Å². The van der Waals surface area contributed by atoms with Crippen molar-refractivity contribution >= 4 is 5.69 Å². The zero-order chi connectivity index (χ0) is 24.4. The van der Waals surface area contributed by atoms with Crippen LogP contribution in [0.1, 0.15) is 18.9 Å². The summed E-state index contributed by atoms with van der Waals surface area (Å²) >= 11 is 0. The first kappa shape index (κ1) is 21.8. The summed E-state index contributed by atoms with van der Waals surface area (Å²) in [4.78, 5) is 9.62. The minimum atomic E-state index is -0.224. The Hall–Kier alpha value is -3.42. The number of rotatable bonds is 4. The number of hydrogen-bond donors (Lipinski definition) is 1. The highest BCUT2D eigenvalue weighted by molar-refractivity contribution is 5.72. The quantitative estimate of drug-likeness (QED) is 0.412. The molecule has 3 aliphatic rings. The zero-order valence-electron chi connectivity index (χ0n) is 20.4. The average molecular weight is 484 g/mol. The van der Waals surface area contributed by atoms with Gasteiger partial charge in [-0.05, 0) is 60.9 Å². The van der Waals surface area contributed by atoms with Crippen LogP contribution in [0.3, 0.4) is 0 Å². The molecule has 0 saturated carbocycles. The van der Waals surface area contributed by atoms with Crippen molar-refractivity contribution in [2.45, 2.75) is 25.9 Å². The van der Waals surface area contributed by atoms with Crippen molar-refractivity contribution in [1.29, 1.82) is 0 Å². The number of aliphatic hydroxyl groups excluding tert-OH is 1. The Morgan fingerprint density at radius 2 is 1.89 bits per heavy atom. The van der Waals surface area contributed by atoms with Gasteiger partial charge in [-0.25, -0.2) is 9.37 Å². The van der Waals surface area contributed by atoms with E-state index >= 15 is 0 Å². The van der Waals surface area contributed by atoms with Gasteiger partial charge in [0, 0.05) is 74.0 Å². The van der Waals surface area contributed by atoms with E-state index in [1.165, 1.54) is 35.5 Å². The molecule has 2 aromatic carbocycles. The van der Waals surface area contributed by atoms with E-state index in [1.54, 1.807) is 0 Å². The molecule has 2 aromatic heterocycles. The normalized spacial score (nSPS) is 18.9. The standard InChI is InChI=1S/C29H30FN5O/c1-20(16-36)34-18-29(19-34)8-10-32(17-29)25-6-7-26-23(12-25)15-33-14-22(21-2-4-24(30)5-3-21)13-27(33)28-31-9-11-35(26)28/h2-7,9,11-14,20,36H,8,10,15-19H2,1H3. The lowest BCUT2D eigenvalue weighted by Crippen LogP contribution is -2.60. The molecule has 1 N–H and O–H groups in total. The van der Waals surface area contributed by atoms with Gasteiger partial charge in [0.15, 0.2) is 5.82 Å². The maximum absolute atomic E-state index is 13.5. The highest BCUT2D eigenvalue weighted by Crippen LogP contribution is 2.43. The van der Waals surface area contributed by atoms with Crippen LogP contribution in [0.5, 0.6) is 0 Å². The van der Waals surface area contributed by atoms with Gasteiger partial charge in [-0.3, -0.25) is 9.47 Å². The third-order valence-electron chi connectivity index (χ3n) is 8.38. The third kappa shape index (κ3) is 3.41. The predicted molar refractivity (Wildman–Crippen MR) is 139 cm³/mol. The van der Waals surface area contributed by atoms with Gasteiger partial charge in [0.1, 0.15) is 5.82 Å². The molecule has 7 rings (SSSR count). The SMILES string of the molecule is CC(CO)N1CC2(CCN(c3ccc4c(c3)Cn3cc(-c5ccc(F)cc5)cc3-c3nccn3-4)C2)C1. The van der Waals surface area contributed by atoms with Crippen LogP contribution >= 0.6 is 0 Å². The summed E-state index contributed by atoms with van der Waals surface area (Å²) in [6.07, 6.45) is 7.24. The molecule has 1 spiro atoms. The van der Waals surface area contributed by atoms with E-state index in [1.807, 2.05) is 24.5 Å². The Morgan fingerprint density at radius 3 is 2.69 bits per heavy atom. The van der Waals surface area contributed by atoms with E-state index in [9.17, 15) is 9.50 Å².